The highest BCUT2D eigenvalue weighted by Gasteiger charge is 2.32. The number of ether oxygens (including phenoxy) is 1. The Morgan fingerprint density at radius 2 is 2.07 bits per heavy atom. The van der Waals surface area contributed by atoms with Crippen molar-refractivity contribution >= 4 is 56.6 Å². The molecule has 1 fully saturated rings. The Labute approximate surface area is 175 Å². The van der Waals surface area contributed by atoms with E-state index in [0.29, 0.717) is 11.8 Å². The topological polar surface area (TPSA) is 136 Å². The Kier molecular flexibility index (Phi) is 5.84. The zero-order valence-electron chi connectivity index (χ0n) is 14.7. The van der Waals surface area contributed by atoms with E-state index >= 15 is 0 Å². The Bertz CT molecular complexity index is 1060. The first kappa shape index (κ1) is 20.7. The second kappa shape index (κ2) is 8.17. The summed E-state index contributed by atoms with van der Waals surface area (Å²) in [4.78, 5) is 44.2. The number of nitrogen functional groups attached to an aromatic ring is 1. The Balaban J connectivity index is 1.86. The SMILES string of the molecule is CN1C(=O)S/C(=C\c2cc(OCC(=O)c3cnc(N)nc3)c(O)c(F)c2Br)C1=O. The number of aromatic nitrogens is 2. The quantitative estimate of drug-likeness (QED) is 0.486. The molecule has 1 saturated heterocycles. The van der Waals surface area contributed by atoms with E-state index in [2.05, 4.69) is 25.9 Å². The molecule has 1 aromatic carbocycles. The number of aromatic hydroxyl groups is 1. The van der Waals surface area contributed by atoms with E-state index in [4.69, 9.17) is 10.5 Å². The first-order valence-electron chi connectivity index (χ1n) is 7.85. The summed E-state index contributed by atoms with van der Waals surface area (Å²) in [6, 6.07) is 1.24. The number of benzene rings is 1. The average Bonchev–Trinajstić information content (AvgIpc) is 2.94. The number of Topliss-reactive ketones (excluding diaryl/α,β-unsaturated/α-hetero) is 1. The predicted molar refractivity (Wildman–Crippen MR) is 106 cm³/mol. The molecular formula is C17H12BrFN4O5S. The molecule has 2 aromatic rings. The molecule has 0 aliphatic carbocycles. The van der Waals surface area contributed by atoms with Crippen LogP contribution in [0.2, 0.25) is 0 Å². The number of likely N-dealkylation sites (N-methyl/N-ethyl adjacent to an activating group) is 1. The van der Waals surface area contributed by atoms with Gasteiger partial charge >= 0.3 is 0 Å². The van der Waals surface area contributed by atoms with E-state index in [1.807, 2.05) is 0 Å². The second-order valence-corrected chi connectivity index (χ2v) is 7.51. The number of nitrogens with two attached hydrogens (primary N) is 1. The molecule has 150 valence electrons. The van der Waals surface area contributed by atoms with E-state index in [1.165, 1.54) is 31.6 Å². The lowest BCUT2D eigenvalue weighted by atomic mass is 10.1. The number of nitrogens with zero attached hydrogens (tertiary/aromatic N) is 3. The van der Waals surface area contributed by atoms with Crippen LogP contribution in [0.5, 0.6) is 11.5 Å². The number of carbonyl (C=O) groups excluding carboxylic acids is 3. The number of phenols is 1. The van der Waals surface area contributed by atoms with Gasteiger partial charge in [-0.25, -0.2) is 14.4 Å². The molecular weight excluding hydrogens is 471 g/mol. The molecule has 0 atom stereocenters. The normalized spacial score (nSPS) is 15.3. The van der Waals surface area contributed by atoms with Gasteiger partial charge in [-0.15, -0.1) is 0 Å². The van der Waals surface area contributed by atoms with E-state index in [0.717, 1.165) is 4.90 Å². The molecule has 9 nitrogen and oxygen atoms in total. The third-order valence-electron chi connectivity index (χ3n) is 3.80. The maximum absolute atomic E-state index is 14.4. The van der Waals surface area contributed by atoms with Gasteiger partial charge in [-0.2, -0.15) is 0 Å². The lowest BCUT2D eigenvalue weighted by molar-refractivity contribution is -0.121. The number of phenolic OH excluding ortho intramolecular Hbond substituents is 1. The maximum atomic E-state index is 14.4. The highest BCUT2D eigenvalue weighted by Crippen LogP contribution is 2.39. The summed E-state index contributed by atoms with van der Waals surface area (Å²) in [5.41, 5.74) is 5.61. The van der Waals surface area contributed by atoms with Gasteiger partial charge in [0.2, 0.25) is 11.7 Å². The number of imide groups is 1. The van der Waals surface area contributed by atoms with Gasteiger partial charge in [-0.05, 0) is 45.4 Å². The minimum absolute atomic E-state index is 0.00349. The fraction of sp³-hybridized carbons (Fsp3) is 0.118. The first-order chi connectivity index (χ1) is 13.7. The van der Waals surface area contributed by atoms with Crippen LogP contribution in [0.3, 0.4) is 0 Å². The molecule has 0 bridgehead atoms. The van der Waals surface area contributed by atoms with Gasteiger partial charge in [0.1, 0.15) is 0 Å². The minimum atomic E-state index is -1.05. The summed E-state index contributed by atoms with van der Waals surface area (Å²) in [5.74, 6) is -3.26. The number of halogens is 2. The van der Waals surface area contributed by atoms with Crippen LogP contribution in [0, 0.1) is 5.82 Å². The maximum Gasteiger partial charge on any atom is 0.293 e. The average molecular weight is 483 g/mol. The second-order valence-electron chi connectivity index (χ2n) is 5.72. The summed E-state index contributed by atoms with van der Waals surface area (Å²) >= 11 is 3.69. The van der Waals surface area contributed by atoms with Crippen LogP contribution in [0.15, 0.2) is 27.8 Å². The summed E-state index contributed by atoms with van der Waals surface area (Å²) < 4.78 is 19.5. The number of ketones is 1. The molecule has 0 unspecified atom stereocenters. The van der Waals surface area contributed by atoms with Gasteiger partial charge < -0.3 is 15.6 Å². The van der Waals surface area contributed by atoms with Crippen molar-refractivity contribution in [2.45, 2.75) is 0 Å². The van der Waals surface area contributed by atoms with Gasteiger partial charge in [0.15, 0.2) is 23.9 Å². The molecule has 1 aliphatic heterocycles. The number of hydrogen-bond acceptors (Lipinski definition) is 9. The van der Waals surface area contributed by atoms with Gasteiger partial charge in [-0.3, -0.25) is 19.3 Å². The van der Waals surface area contributed by atoms with Crippen molar-refractivity contribution < 1.29 is 28.6 Å². The largest absolute Gasteiger partial charge is 0.502 e. The molecule has 0 spiro atoms. The van der Waals surface area contributed by atoms with Crippen molar-refractivity contribution in [1.29, 1.82) is 0 Å². The van der Waals surface area contributed by atoms with Crippen LogP contribution in [0.25, 0.3) is 6.08 Å². The van der Waals surface area contributed by atoms with Crippen LogP contribution in [0.4, 0.5) is 15.1 Å². The van der Waals surface area contributed by atoms with Crippen LogP contribution in [-0.4, -0.2) is 50.6 Å². The van der Waals surface area contributed by atoms with E-state index < -0.39 is 35.1 Å². The smallest absolute Gasteiger partial charge is 0.293 e. The van der Waals surface area contributed by atoms with E-state index in [-0.39, 0.29) is 32.2 Å². The molecule has 0 saturated carbocycles. The summed E-state index contributed by atoms with van der Waals surface area (Å²) in [7, 11) is 1.33. The Morgan fingerprint density at radius 1 is 1.41 bits per heavy atom. The van der Waals surface area contributed by atoms with E-state index in [1.54, 1.807) is 0 Å². The first-order valence-corrected chi connectivity index (χ1v) is 9.46. The minimum Gasteiger partial charge on any atom is -0.502 e. The molecule has 2 heterocycles. The van der Waals surface area contributed by atoms with Crippen molar-refractivity contribution in [3.05, 3.63) is 44.8 Å². The zero-order chi connectivity index (χ0) is 21.3. The molecule has 29 heavy (non-hydrogen) atoms. The summed E-state index contributed by atoms with van der Waals surface area (Å²) in [6.45, 7) is -0.535. The highest BCUT2D eigenvalue weighted by atomic mass is 79.9. The number of thioether (sulfide) groups is 1. The van der Waals surface area contributed by atoms with Crippen molar-refractivity contribution in [1.82, 2.24) is 14.9 Å². The van der Waals surface area contributed by atoms with Crippen LogP contribution in [0.1, 0.15) is 15.9 Å². The number of rotatable bonds is 5. The number of carbonyl (C=O) groups is 3. The molecule has 2 amide bonds. The number of anilines is 1. The Morgan fingerprint density at radius 3 is 2.66 bits per heavy atom. The van der Waals surface area contributed by atoms with Crippen LogP contribution in [-0.2, 0) is 4.79 Å². The van der Waals surface area contributed by atoms with Crippen LogP contribution < -0.4 is 10.5 Å². The lowest BCUT2D eigenvalue weighted by Gasteiger charge is -2.11. The van der Waals surface area contributed by atoms with E-state index in [9.17, 15) is 23.9 Å². The third-order valence-corrected chi connectivity index (χ3v) is 5.57. The third kappa shape index (κ3) is 4.22. The summed E-state index contributed by atoms with van der Waals surface area (Å²) in [6.07, 6.45) is 3.70. The number of amides is 2. The lowest BCUT2D eigenvalue weighted by Crippen LogP contribution is -2.22. The molecule has 1 aromatic heterocycles. The molecule has 0 radical (unpaired) electrons. The van der Waals surface area contributed by atoms with Crippen molar-refractivity contribution in [2.24, 2.45) is 0 Å². The monoisotopic (exact) mass is 482 g/mol. The molecule has 3 N–H and O–H groups in total. The van der Waals surface area contributed by atoms with Crippen molar-refractivity contribution in [2.75, 3.05) is 19.4 Å². The van der Waals surface area contributed by atoms with Gasteiger partial charge in [0.25, 0.3) is 11.1 Å². The van der Waals surface area contributed by atoms with Gasteiger partial charge in [0.05, 0.1) is 14.9 Å². The zero-order valence-corrected chi connectivity index (χ0v) is 17.1. The molecule has 1 aliphatic rings. The fourth-order valence-electron chi connectivity index (χ4n) is 2.22. The van der Waals surface area contributed by atoms with Crippen molar-refractivity contribution in [3.8, 4) is 11.5 Å². The summed E-state index contributed by atoms with van der Waals surface area (Å²) in [5, 5.41) is 9.51. The van der Waals surface area contributed by atoms with Gasteiger partial charge in [0, 0.05) is 19.4 Å². The number of hydrogen-bond donors (Lipinski definition) is 2. The Hall–Kier alpha value is -2.99. The predicted octanol–water partition coefficient (Wildman–Crippen LogP) is 2.59. The standard InChI is InChI=1S/C17H12BrFN4O5S/c1-23-15(26)11(29-17(23)27)3-7-2-10(14(25)13(19)12(7)18)28-6-9(24)8-4-21-16(20)22-5-8/h2-5,25H,6H2,1H3,(H2,20,21,22)/b11-3-. The van der Waals surface area contributed by atoms with Crippen molar-refractivity contribution in [3.63, 3.8) is 0 Å². The molecule has 12 heteroatoms. The highest BCUT2D eigenvalue weighted by molar-refractivity contribution is 9.10. The van der Waals surface area contributed by atoms with Crippen LogP contribution >= 0.6 is 27.7 Å². The fourth-order valence-corrected chi connectivity index (χ4v) is 3.46. The molecule has 3 rings (SSSR count). The van der Waals surface area contributed by atoms with Gasteiger partial charge in [-0.1, -0.05) is 0 Å².